The van der Waals surface area contributed by atoms with Gasteiger partial charge in [-0.1, -0.05) is 30.3 Å². The van der Waals surface area contributed by atoms with Crippen molar-refractivity contribution < 1.29 is 0 Å². The van der Waals surface area contributed by atoms with Crippen molar-refractivity contribution in [3.63, 3.8) is 0 Å². The summed E-state index contributed by atoms with van der Waals surface area (Å²) in [6.45, 7) is 1.77. The number of hydrogen-bond donors (Lipinski definition) is 1. The van der Waals surface area contributed by atoms with Crippen LogP contribution >= 0.6 is 0 Å². The highest BCUT2D eigenvalue weighted by Crippen LogP contribution is 2.22. The molecule has 0 aliphatic rings. The van der Waals surface area contributed by atoms with E-state index in [9.17, 15) is 4.79 Å². The molecule has 0 saturated carbocycles. The van der Waals surface area contributed by atoms with E-state index in [0.29, 0.717) is 5.56 Å². The number of aromatic amines is 1. The maximum atomic E-state index is 11.3. The van der Waals surface area contributed by atoms with Crippen LogP contribution in [0.3, 0.4) is 0 Å². The van der Waals surface area contributed by atoms with Gasteiger partial charge in [-0.05, 0) is 30.2 Å². The van der Waals surface area contributed by atoms with Crippen molar-refractivity contribution in [3.8, 4) is 22.4 Å². The molecule has 0 aliphatic heterocycles. The Hall–Kier alpha value is -2.75. The predicted octanol–water partition coefficient (Wildman–Crippen LogP) is 2.81. The minimum atomic E-state index is -0.152. The summed E-state index contributed by atoms with van der Waals surface area (Å²) in [5.74, 6) is 0. The van der Waals surface area contributed by atoms with Crippen LogP contribution in [0.2, 0.25) is 0 Å². The molecule has 0 atom stereocenters. The van der Waals surface area contributed by atoms with Gasteiger partial charge in [0, 0.05) is 23.5 Å². The van der Waals surface area contributed by atoms with E-state index in [0.717, 1.165) is 22.4 Å². The van der Waals surface area contributed by atoms with Crippen molar-refractivity contribution in [1.82, 2.24) is 15.2 Å². The molecule has 2 aromatic heterocycles. The molecular formula is C16H13N3O. The van der Waals surface area contributed by atoms with Crippen LogP contribution in [0.1, 0.15) is 5.56 Å². The van der Waals surface area contributed by atoms with Gasteiger partial charge in [0.25, 0.3) is 5.56 Å². The average molecular weight is 263 g/mol. The number of aryl methyl sites for hydroxylation is 1. The molecule has 2 heterocycles. The lowest BCUT2D eigenvalue weighted by atomic mass is 10.0. The molecule has 3 rings (SSSR count). The largest absolute Gasteiger partial charge is 0.268 e. The van der Waals surface area contributed by atoms with E-state index in [4.69, 9.17) is 0 Å². The SMILES string of the molecule is Cc1cc(-c2ccc(-c3cccnc3)cc2)n[nH]c1=O. The third kappa shape index (κ3) is 2.36. The second-order valence-electron chi connectivity index (χ2n) is 4.58. The van der Waals surface area contributed by atoms with Crippen molar-refractivity contribution in [3.05, 3.63) is 70.8 Å². The zero-order valence-corrected chi connectivity index (χ0v) is 11.0. The second-order valence-corrected chi connectivity index (χ2v) is 4.58. The lowest BCUT2D eigenvalue weighted by Crippen LogP contribution is -2.11. The number of hydrogen-bond acceptors (Lipinski definition) is 3. The molecule has 0 unspecified atom stereocenters. The van der Waals surface area contributed by atoms with Crippen LogP contribution in [0.4, 0.5) is 0 Å². The molecule has 0 spiro atoms. The summed E-state index contributed by atoms with van der Waals surface area (Å²) in [6, 6.07) is 13.7. The van der Waals surface area contributed by atoms with Crippen molar-refractivity contribution in [2.75, 3.05) is 0 Å². The van der Waals surface area contributed by atoms with Gasteiger partial charge in [0.2, 0.25) is 0 Å². The van der Waals surface area contributed by atoms with Gasteiger partial charge in [-0.25, -0.2) is 5.10 Å². The Morgan fingerprint density at radius 3 is 2.40 bits per heavy atom. The number of aromatic nitrogens is 3. The molecule has 4 nitrogen and oxygen atoms in total. The van der Waals surface area contributed by atoms with E-state index in [1.807, 2.05) is 42.6 Å². The number of pyridine rings is 1. The molecule has 0 radical (unpaired) electrons. The fourth-order valence-electron chi connectivity index (χ4n) is 2.02. The molecule has 0 fully saturated rings. The fraction of sp³-hybridized carbons (Fsp3) is 0.0625. The maximum Gasteiger partial charge on any atom is 0.267 e. The van der Waals surface area contributed by atoms with Crippen molar-refractivity contribution >= 4 is 0 Å². The lowest BCUT2D eigenvalue weighted by molar-refractivity contribution is 0.976. The molecule has 3 aromatic rings. The first-order chi connectivity index (χ1) is 9.74. The maximum absolute atomic E-state index is 11.3. The predicted molar refractivity (Wildman–Crippen MR) is 78.3 cm³/mol. The standard InChI is InChI=1S/C16H13N3O/c1-11-9-15(18-19-16(11)20)13-6-4-12(5-7-13)14-3-2-8-17-10-14/h2-10H,1H3,(H,19,20). The van der Waals surface area contributed by atoms with Gasteiger partial charge < -0.3 is 0 Å². The van der Waals surface area contributed by atoms with Gasteiger partial charge in [0.1, 0.15) is 0 Å². The smallest absolute Gasteiger partial charge is 0.267 e. The molecule has 98 valence electrons. The van der Waals surface area contributed by atoms with E-state index >= 15 is 0 Å². The zero-order valence-electron chi connectivity index (χ0n) is 11.0. The number of benzene rings is 1. The van der Waals surface area contributed by atoms with Gasteiger partial charge >= 0.3 is 0 Å². The summed E-state index contributed by atoms with van der Waals surface area (Å²) in [5, 5.41) is 6.56. The van der Waals surface area contributed by atoms with Crippen LogP contribution in [0.25, 0.3) is 22.4 Å². The molecule has 0 bridgehead atoms. The quantitative estimate of drug-likeness (QED) is 0.773. The summed E-state index contributed by atoms with van der Waals surface area (Å²) < 4.78 is 0. The Balaban J connectivity index is 1.97. The minimum Gasteiger partial charge on any atom is -0.268 e. The molecule has 0 amide bonds. The summed E-state index contributed by atoms with van der Waals surface area (Å²) in [6.07, 6.45) is 3.59. The third-order valence-corrected chi connectivity index (χ3v) is 3.16. The summed E-state index contributed by atoms with van der Waals surface area (Å²) >= 11 is 0. The molecular weight excluding hydrogens is 250 g/mol. The van der Waals surface area contributed by atoms with Gasteiger partial charge in [0.05, 0.1) is 5.69 Å². The van der Waals surface area contributed by atoms with E-state index in [1.165, 1.54) is 0 Å². The zero-order chi connectivity index (χ0) is 13.9. The van der Waals surface area contributed by atoms with E-state index in [2.05, 4.69) is 15.2 Å². The van der Waals surface area contributed by atoms with Gasteiger partial charge in [-0.3, -0.25) is 9.78 Å². The molecule has 4 heteroatoms. The lowest BCUT2D eigenvalue weighted by Gasteiger charge is -2.04. The van der Waals surface area contributed by atoms with E-state index < -0.39 is 0 Å². The fourth-order valence-corrected chi connectivity index (χ4v) is 2.02. The third-order valence-electron chi connectivity index (χ3n) is 3.16. The minimum absolute atomic E-state index is 0.152. The van der Waals surface area contributed by atoms with Crippen LogP contribution in [-0.2, 0) is 0 Å². The Kier molecular flexibility index (Phi) is 3.13. The Morgan fingerprint density at radius 1 is 1.00 bits per heavy atom. The van der Waals surface area contributed by atoms with Crippen molar-refractivity contribution in [2.45, 2.75) is 6.92 Å². The number of nitrogens with one attached hydrogen (secondary N) is 1. The summed E-state index contributed by atoms with van der Waals surface area (Å²) in [7, 11) is 0. The Morgan fingerprint density at radius 2 is 1.75 bits per heavy atom. The Labute approximate surface area is 116 Å². The first-order valence-corrected chi connectivity index (χ1v) is 6.31. The summed E-state index contributed by atoms with van der Waals surface area (Å²) in [4.78, 5) is 15.4. The van der Waals surface area contributed by atoms with Gasteiger partial charge in [-0.2, -0.15) is 5.10 Å². The molecule has 1 aromatic carbocycles. The topological polar surface area (TPSA) is 58.6 Å². The number of H-pyrrole nitrogens is 1. The second kappa shape index (κ2) is 5.09. The van der Waals surface area contributed by atoms with Crippen molar-refractivity contribution in [2.24, 2.45) is 0 Å². The molecule has 0 aliphatic carbocycles. The summed E-state index contributed by atoms with van der Waals surface area (Å²) in [5.41, 5.74) is 4.41. The highest BCUT2D eigenvalue weighted by Gasteiger charge is 2.03. The monoisotopic (exact) mass is 263 g/mol. The first-order valence-electron chi connectivity index (χ1n) is 6.31. The van der Waals surface area contributed by atoms with Crippen molar-refractivity contribution in [1.29, 1.82) is 0 Å². The van der Waals surface area contributed by atoms with Crippen LogP contribution < -0.4 is 5.56 Å². The molecule has 20 heavy (non-hydrogen) atoms. The van der Waals surface area contributed by atoms with Crippen LogP contribution in [0.5, 0.6) is 0 Å². The number of nitrogens with zero attached hydrogens (tertiary/aromatic N) is 2. The van der Waals surface area contributed by atoms with Crippen LogP contribution in [-0.4, -0.2) is 15.2 Å². The van der Waals surface area contributed by atoms with Crippen LogP contribution in [0.15, 0.2) is 59.7 Å². The van der Waals surface area contributed by atoms with Gasteiger partial charge in [-0.15, -0.1) is 0 Å². The number of rotatable bonds is 2. The average Bonchev–Trinajstić information content (AvgIpc) is 2.51. The highest BCUT2D eigenvalue weighted by atomic mass is 16.1. The first kappa shape index (κ1) is 12.3. The highest BCUT2D eigenvalue weighted by molar-refractivity contribution is 5.68. The molecule has 1 N–H and O–H groups in total. The van der Waals surface area contributed by atoms with E-state index in [-0.39, 0.29) is 5.56 Å². The molecule has 0 saturated heterocycles. The van der Waals surface area contributed by atoms with E-state index in [1.54, 1.807) is 19.2 Å². The normalized spacial score (nSPS) is 10.4. The van der Waals surface area contributed by atoms with Gasteiger partial charge in [0.15, 0.2) is 0 Å². The Bertz CT molecular complexity index is 777. The van der Waals surface area contributed by atoms with Crippen LogP contribution in [0, 0.1) is 6.92 Å².